The molecular formula is C16H22O4. The van der Waals surface area contributed by atoms with Gasteiger partial charge in [-0.25, -0.2) is 0 Å². The first-order chi connectivity index (χ1) is 9.56. The zero-order valence-electron chi connectivity index (χ0n) is 12.1. The van der Waals surface area contributed by atoms with Crippen molar-refractivity contribution in [2.24, 2.45) is 5.41 Å². The summed E-state index contributed by atoms with van der Waals surface area (Å²) >= 11 is 0. The predicted molar refractivity (Wildman–Crippen MR) is 76.4 cm³/mol. The van der Waals surface area contributed by atoms with Gasteiger partial charge in [-0.1, -0.05) is 50.1 Å². The van der Waals surface area contributed by atoms with E-state index in [0.29, 0.717) is 19.3 Å². The Hall–Kier alpha value is -1.84. The van der Waals surface area contributed by atoms with E-state index >= 15 is 0 Å². The van der Waals surface area contributed by atoms with E-state index in [1.807, 2.05) is 37.3 Å². The van der Waals surface area contributed by atoms with Crippen LogP contribution in [0.4, 0.5) is 0 Å². The smallest absolute Gasteiger partial charge is 0.323 e. The molecule has 20 heavy (non-hydrogen) atoms. The molecule has 4 heteroatoms. The van der Waals surface area contributed by atoms with Crippen molar-refractivity contribution >= 4 is 11.9 Å². The number of ether oxygens (including phenoxy) is 1. The van der Waals surface area contributed by atoms with Gasteiger partial charge in [0, 0.05) is 0 Å². The van der Waals surface area contributed by atoms with Crippen molar-refractivity contribution in [3.8, 4) is 0 Å². The molecule has 1 atom stereocenters. The van der Waals surface area contributed by atoms with Crippen LogP contribution in [0, 0.1) is 5.41 Å². The molecule has 0 unspecified atom stereocenters. The van der Waals surface area contributed by atoms with Crippen molar-refractivity contribution in [1.82, 2.24) is 0 Å². The van der Waals surface area contributed by atoms with Crippen LogP contribution in [0.1, 0.15) is 38.2 Å². The summed E-state index contributed by atoms with van der Waals surface area (Å²) in [6.45, 7) is 1.97. The van der Waals surface area contributed by atoms with Crippen LogP contribution in [-0.2, 0) is 20.7 Å². The number of aryl methyl sites for hydroxylation is 1. The maximum absolute atomic E-state index is 12.0. The fourth-order valence-corrected chi connectivity index (χ4v) is 2.31. The minimum atomic E-state index is -1.43. The van der Waals surface area contributed by atoms with Crippen LogP contribution in [0.15, 0.2) is 30.3 Å². The molecule has 0 radical (unpaired) electrons. The third kappa shape index (κ3) is 3.83. The van der Waals surface area contributed by atoms with E-state index in [-0.39, 0.29) is 6.42 Å². The summed E-state index contributed by atoms with van der Waals surface area (Å²) in [5.74, 6) is -1.73. The Balaban J connectivity index is 2.90. The molecular weight excluding hydrogens is 256 g/mol. The number of esters is 1. The van der Waals surface area contributed by atoms with Crippen LogP contribution in [0.3, 0.4) is 0 Å². The Morgan fingerprint density at radius 1 is 1.20 bits per heavy atom. The van der Waals surface area contributed by atoms with E-state index in [0.717, 1.165) is 12.0 Å². The van der Waals surface area contributed by atoms with Crippen molar-refractivity contribution in [1.29, 1.82) is 0 Å². The number of unbranched alkanes of at least 4 members (excludes halogenated alkanes) is 1. The first-order valence-electron chi connectivity index (χ1n) is 6.92. The molecule has 0 aromatic heterocycles. The summed E-state index contributed by atoms with van der Waals surface area (Å²) in [5, 5.41) is 9.53. The average molecular weight is 278 g/mol. The molecule has 0 saturated carbocycles. The lowest BCUT2D eigenvalue weighted by molar-refractivity contribution is -0.168. The highest BCUT2D eigenvalue weighted by atomic mass is 16.5. The summed E-state index contributed by atoms with van der Waals surface area (Å²) < 4.78 is 4.74. The highest BCUT2D eigenvalue weighted by Gasteiger charge is 2.46. The van der Waals surface area contributed by atoms with Gasteiger partial charge in [0.2, 0.25) is 0 Å². The van der Waals surface area contributed by atoms with Crippen LogP contribution < -0.4 is 0 Å². The number of methoxy groups -OCH3 is 1. The number of hydrogen-bond acceptors (Lipinski definition) is 3. The molecule has 0 aliphatic rings. The number of hydrogen-bond donors (Lipinski definition) is 1. The largest absolute Gasteiger partial charge is 0.480 e. The summed E-state index contributed by atoms with van der Waals surface area (Å²) in [5.41, 5.74) is -0.404. The van der Waals surface area contributed by atoms with Gasteiger partial charge in [0.15, 0.2) is 5.41 Å². The minimum absolute atomic E-state index is 0.263. The predicted octanol–water partition coefficient (Wildman–Crippen LogP) is 3.05. The number of benzene rings is 1. The molecule has 0 aliphatic carbocycles. The Morgan fingerprint density at radius 2 is 1.85 bits per heavy atom. The number of aliphatic carboxylic acids is 1. The average Bonchev–Trinajstić information content (AvgIpc) is 2.47. The number of rotatable bonds is 8. The lowest BCUT2D eigenvalue weighted by Crippen LogP contribution is -2.40. The van der Waals surface area contributed by atoms with Gasteiger partial charge < -0.3 is 9.84 Å². The van der Waals surface area contributed by atoms with Crippen LogP contribution in [0.2, 0.25) is 0 Å². The molecule has 4 nitrogen and oxygen atoms in total. The highest BCUT2D eigenvalue weighted by Crippen LogP contribution is 2.32. The van der Waals surface area contributed by atoms with Gasteiger partial charge in [-0.05, 0) is 24.8 Å². The number of carboxylic acids is 1. The van der Waals surface area contributed by atoms with Crippen molar-refractivity contribution in [3.63, 3.8) is 0 Å². The normalized spacial score (nSPS) is 13.5. The second-order valence-electron chi connectivity index (χ2n) is 4.97. The maximum Gasteiger partial charge on any atom is 0.323 e. The van der Waals surface area contributed by atoms with Gasteiger partial charge in [-0.3, -0.25) is 9.59 Å². The Bertz CT molecular complexity index is 441. The van der Waals surface area contributed by atoms with Gasteiger partial charge in [0.1, 0.15) is 0 Å². The van der Waals surface area contributed by atoms with Crippen molar-refractivity contribution in [2.75, 3.05) is 7.11 Å². The zero-order valence-corrected chi connectivity index (χ0v) is 12.1. The first-order valence-corrected chi connectivity index (χ1v) is 6.92. The molecule has 0 aliphatic heterocycles. The first kappa shape index (κ1) is 16.2. The quantitative estimate of drug-likeness (QED) is 0.586. The molecule has 110 valence electrons. The lowest BCUT2D eigenvalue weighted by Gasteiger charge is -2.26. The van der Waals surface area contributed by atoms with Gasteiger partial charge >= 0.3 is 11.9 Å². The number of carbonyl (C=O) groups excluding carboxylic acids is 1. The van der Waals surface area contributed by atoms with E-state index in [9.17, 15) is 14.7 Å². The van der Waals surface area contributed by atoms with Crippen molar-refractivity contribution < 1.29 is 19.4 Å². The zero-order chi connectivity index (χ0) is 15.0. The van der Waals surface area contributed by atoms with E-state index in [1.54, 1.807) is 0 Å². The van der Waals surface area contributed by atoms with Gasteiger partial charge in [0.25, 0.3) is 0 Å². The van der Waals surface area contributed by atoms with E-state index in [2.05, 4.69) is 0 Å². The highest BCUT2D eigenvalue weighted by molar-refractivity contribution is 5.99. The van der Waals surface area contributed by atoms with Gasteiger partial charge in [-0.15, -0.1) is 0 Å². The second-order valence-corrected chi connectivity index (χ2v) is 4.97. The standard InChI is InChI=1S/C16H22O4/c1-3-4-11-16(14(17)18,15(19)20-2)12-10-13-8-6-5-7-9-13/h5-9H,3-4,10-12H2,1-2H3,(H,17,18)/t16-/m1/s1. The van der Waals surface area contributed by atoms with Crippen LogP contribution in [0.5, 0.6) is 0 Å². The molecule has 0 amide bonds. The molecule has 0 bridgehead atoms. The molecule has 1 aromatic carbocycles. The summed E-state index contributed by atoms with van der Waals surface area (Å²) in [7, 11) is 1.24. The fraction of sp³-hybridized carbons (Fsp3) is 0.500. The third-order valence-electron chi connectivity index (χ3n) is 3.63. The Morgan fingerprint density at radius 3 is 2.35 bits per heavy atom. The van der Waals surface area contributed by atoms with E-state index in [4.69, 9.17) is 4.74 Å². The van der Waals surface area contributed by atoms with E-state index < -0.39 is 17.4 Å². The Labute approximate surface area is 119 Å². The molecule has 1 rings (SSSR count). The number of carboxylic acid groups (broad SMARTS) is 1. The topological polar surface area (TPSA) is 63.6 Å². The lowest BCUT2D eigenvalue weighted by atomic mass is 9.77. The van der Waals surface area contributed by atoms with E-state index in [1.165, 1.54) is 7.11 Å². The fourth-order valence-electron chi connectivity index (χ4n) is 2.31. The van der Waals surface area contributed by atoms with Gasteiger partial charge in [-0.2, -0.15) is 0 Å². The summed E-state index contributed by atoms with van der Waals surface area (Å²) in [4.78, 5) is 23.6. The monoisotopic (exact) mass is 278 g/mol. The molecule has 1 N–H and O–H groups in total. The number of carbonyl (C=O) groups is 2. The minimum Gasteiger partial charge on any atom is -0.480 e. The molecule has 0 spiro atoms. The van der Waals surface area contributed by atoms with Crippen LogP contribution in [-0.4, -0.2) is 24.2 Å². The SMILES string of the molecule is CCCC[C@@](CCc1ccccc1)(C(=O)O)C(=O)OC. The molecule has 1 aromatic rings. The Kier molecular flexibility index (Phi) is 6.22. The van der Waals surface area contributed by atoms with Crippen molar-refractivity contribution in [2.45, 2.75) is 39.0 Å². The second kappa shape index (κ2) is 7.68. The summed E-state index contributed by atoms with van der Waals surface area (Å²) in [6.07, 6.45) is 2.66. The molecule has 0 fully saturated rings. The maximum atomic E-state index is 12.0. The van der Waals surface area contributed by atoms with Crippen LogP contribution in [0.25, 0.3) is 0 Å². The third-order valence-corrected chi connectivity index (χ3v) is 3.63. The van der Waals surface area contributed by atoms with Gasteiger partial charge in [0.05, 0.1) is 7.11 Å². The van der Waals surface area contributed by atoms with Crippen molar-refractivity contribution in [3.05, 3.63) is 35.9 Å². The summed E-state index contributed by atoms with van der Waals surface area (Å²) in [6, 6.07) is 9.59. The van der Waals surface area contributed by atoms with Crippen LogP contribution >= 0.6 is 0 Å². The molecule has 0 saturated heterocycles. The molecule has 0 heterocycles.